The summed E-state index contributed by atoms with van der Waals surface area (Å²) in [6.45, 7) is 4.07. The van der Waals surface area contributed by atoms with Crippen LogP contribution in [-0.4, -0.2) is 29.4 Å². The number of H-pyrrole nitrogens is 1. The molecule has 1 aliphatic rings. The Bertz CT molecular complexity index is 668. The summed E-state index contributed by atoms with van der Waals surface area (Å²) >= 11 is 0. The number of carbonyl (C=O) groups excluding carboxylic acids is 1. The van der Waals surface area contributed by atoms with Crippen LogP contribution >= 0.6 is 0 Å². The second kappa shape index (κ2) is 6.48. The summed E-state index contributed by atoms with van der Waals surface area (Å²) in [4.78, 5) is 12.2. The van der Waals surface area contributed by atoms with Crippen LogP contribution in [0.4, 0.5) is 16.3 Å². The molecule has 0 spiro atoms. The van der Waals surface area contributed by atoms with Gasteiger partial charge in [0.2, 0.25) is 0 Å². The first-order valence-electron chi connectivity index (χ1n) is 7.34. The van der Waals surface area contributed by atoms with E-state index in [0.29, 0.717) is 30.4 Å². The summed E-state index contributed by atoms with van der Waals surface area (Å²) in [7, 11) is 0. The number of anilines is 2. The van der Waals surface area contributed by atoms with Gasteiger partial charge < -0.3 is 15.4 Å². The van der Waals surface area contributed by atoms with E-state index in [0.717, 1.165) is 24.2 Å². The average molecular weight is 301 g/mol. The van der Waals surface area contributed by atoms with E-state index in [1.165, 1.54) is 0 Å². The smallest absolute Gasteiger partial charge is 0.325 e. The van der Waals surface area contributed by atoms with E-state index in [1.807, 2.05) is 25.1 Å². The number of rotatable bonds is 4. The fourth-order valence-corrected chi connectivity index (χ4v) is 2.44. The number of urea groups is 1. The molecule has 1 aliphatic heterocycles. The first-order chi connectivity index (χ1) is 10.8. The zero-order valence-corrected chi connectivity index (χ0v) is 12.4. The van der Waals surface area contributed by atoms with Gasteiger partial charge in [0.25, 0.3) is 0 Å². The summed E-state index contributed by atoms with van der Waals surface area (Å²) in [5.74, 6) is 1.21. The van der Waals surface area contributed by atoms with E-state index >= 15 is 0 Å². The topological polar surface area (TPSA) is 91.1 Å². The van der Waals surface area contributed by atoms with Crippen LogP contribution < -0.4 is 20.7 Å². The van der Waals surface area contributed by atoms with Crippen LogP contribution in [0.15, 0.2) is 24.3 Å². The highest BCUT2D eigenvalue weighted by atomic mass is 16.5. The minimum absolute atomic E-state index is 0.341. The van der Waals surface area contributed by atoms with Gasteiger partial charge in [-0.15, -0.1) is 0 Å². The third kappa shape index (κ3) is 3.04. The van der Waals surface area contributed by atoms with E-state index in [-0.39, 0.29) is 6.03 Å². The standard InChI is InChI=1S/C15H19N5O2/c1-2-22-13-6-4-3-5-12(13)17-15(21)18-14-10-9-16-8-7-11(10)19-20-14/h3-6,16H,2,7-9H2,1H3,(H3,17,18,19,20,21). The molecule has 3 rings (SSSR count). The summed E-state index contributed by atoms with van der Waals surface area (Å²) < 4.78 is 5.49. The first-order valence-corrected chi connectivity index (χ1v) is 7.34. The zero-order valence-electron chi connectivity index (χ0n) is 12.4. The zero-order chi connectivity index (χ0) is 15.4. The molecule has 2 aromatic rings. The second-order valence-corrected chi connectivity index (χ2v) is 4.96. The second-order valence-electron chi connectivity index (χ2n) is 4.96. The number of hydrogen-bond acceptors (Lipinski definition) is 4. The van der Waals surface area contributed by atoms with Crippen molar-refractivity contribution in [3.63, 3.8) is 0 Å². The Kier molecular flexibility index (Phi) is 4.24. The van der Waals surface area contributed by atoms with Gasteiger partial charge >= 0.3 is 6.03 Å². The van der Waals surface area contributed by atoms with Gasteiger partial charge in [-0.3, -0.25) is 10.4 Å². The molecule has 7 nitrogen and oxygen atoms in total. The van der Waals surface area contributed by atoms with Crippen molar-refractivity contribution < 1.29 is 9.53 Å². The predicted octanol–water partition coefficient (Wildman–Crippen LogP) is 2.10. The van der Waals surface area contributed by atoms with Crippen molar-refractivity contribution in [2.75, 3.05) is 23.8 Å². The lowest BCUT2D eigenvalue weighted by Crippen LogP contribution is -2.25. The Morgan fingerprint density at radius 3 is 3.09 bits per heavy atom. The van der Waals surface area contributed by atoms with Crippen LogP contribution in [0.5, 0.6) is 5.75 Å². The van der Waals surface area contributed by atoms with Gasteiger partial charge in [-0.1, -0.05) is 12.1 Å². The lowest BCUT2D eigenvalue weighted by molar-refractivity contribution is 0.261. The lowest BCUT2D eigenvalue weighted by atomic mass is 10.1. The Morgan fingerprint density at radius 2 is 2.23 bits per heavy atom. The van der Waals surface area contributed by atoms with Crippen LogP contribution in [0.2, 0.25) is 0 Å². The molecule has 22 heavy (non-hydrogen) atoms. The molecule has 0 fully saturated rings. The fourth-order valence-electron chi connectivity index (χ4n) is 2.44. The molecule has 0 atom stereocenters. The molecule has 1 aromatic carbocycles. The number of carbonyl (C=O) groups is 1. The molecule has 2 amide bonds. The third-order valence-electron chi connectivity index (χ3n) is 3.47. The van der Waals surface area contributed by atoms with E-state index in [2.05, 4.69) is 26.1 Å². The third-order valence-corrected chi connectivity index (χ3v) is 3.47. The highest BCUT2D eigenvalue weighted by Crippen LogP contribution is 2.24. The van der Waals surface area contributed by atoms with Crippen LogP contribution in [0.1, 0.15) is 18.2 Å². The quantitative estimate of drug-likeness (QED) is 0.696. The van der Waals surface area contributed by atoms with Gasteiger partial charge in [0.15, 0.2) is 5.82 Å². The summed E-state index contributed by atoms with van der Waals surface area (Å²) in [5, 5.41) is 16.0. The molecular formula is C15H19N5O2. The van der Waals surface area contributed by atoms with E-state index in [4.69, 9.17) is 4.74 Å². The monoisotopic (exact) mass is 301 g/mol. The SMILES string of the molecule is CCOc1ccccc1NC(=O)Nc1n[nH]c2c1CNCC2. The van der Waals surface area contributed by atoms with Crippen molar-refractivity contribution in [3.05, 3.63) is 35.5 Å². The molecule has 0 saturated heterocycles. The summed E-state index contributed by atoms with van der Waals surface area (Å²) in [6.07, 6.45) is 0.888. The number of aromatic amines is 1. The molecule has 0 saturated carbocycles. The van der Waals surface area contributed by atoms with Gasteiger partial charge in [-0.2, -0.15) is 5.10 Å². The summed E-state index contributed by atoms with van der Waals surface area (Å²) in [5.41, 5.74) is 2.72. The largest absolute Gasteiger partial charge is 0.492 e. The molecular weight excluding hydrogens is 282 g/mol. The predicted molar refractivity (Wildman–Crippen MR) is 84.3 cm³/mol. The number of aromatic nitrogens is 2. The molecule has 4 N–H and O–H groups in total. The van der Waals surface area contributed by atoms with E-state index in [1.54, 1.807) is 6.07 Å². The minimum Gasteiger partial charge on any atom is -0.492 e. The summed E-state index contributed by atoms with van der Waals surface area (Å²) in [6, 6.07) is 6.99. The maximum atomic E-state index is 12.2. The van der Waals surface area contributed by atoms with E-state index in [9.17, 15) is 4.79 Å². The molecule has 0 radical (unpaired) electrons. The lowest BCUT2D eigenvalue weighted by Gasteiger charge is -2.14. The molecule has 2 heterocycles. The molecule has 0 bridgehead atoms. The number of amides is 2. The molecule has 0 aliphatic carbocycles. The number of nitrogens with zero attached hydrogens (tertiary/aromatic N) is 1. The van der Waals surface area contributed by atoms with Crippen molar-refractivity contribution in [1.82, 2.24) is 15.5 Å². The van der Waals surface area contributed by atoms with Gasteiger partial charge in [0.1, 0.15) is 5.75 Å². The maximum Gasteiger partial charge on any atom is 0.325 e. The maximum absolute atomic E-state index is 12.2. The molecule has 116 valence electrons. The number of nitrogens with one attached hydrogen (secondary N) is 4. The normalized spacial score (nSPS) is 13.3. The van der Waals surface area contributed by atoms with Gasteiger partial charge in [0, 0.05) is 30.8 Å². The molecule has 7 heteroatoms. The van der Waals surface area contributed by atoms with Crippen LogP contribution in [0.3, 0.4) is 0 Å². The van der Waals surface area contributed by atoms with Crippen LogP contribution in [-0.2, 0) is 13.0 Å². The Hall–Kier alpha value is -2.54. The Morgan fingerprint density at radius 1 is 1.36 bits per heavy atom. The highest BCUT2D eigenvalue weighted by molar-refractivity contribution is 6.00. The van der Waals surface area contributed by atoms with Crippen molar-refractivity contribution in [1.29, 1.82) is 0 Å². The number of hydrogen-bond donors (Lipinski definition) is 4. The number of benzene rings is 1. The highest BCUT2D eigenvalue weighted by Gasteiger charge is 2.18. The van der Waals surface area contributed by atoms with Gasteiger partial charge in [-0.25, -0.2) is 4.79 Å². The number of para-hydroxylation sites is 2. The average Bonchev–Trinajstić information content (AvgIpc) is 2.93. The van der Waals surface area contributed by atoms with Gasteiger partial charge in [0.05, 0.1) is 12.3 Å². The fraction of sp³-hybridized carbons (Fsp3) is 0.333. The van der Waals surface area contributed by atoms with Crippen LogP contribution in [0, 0.1) is 0 Å². The molecule has 1 aromatic heterocycles. The van der Waals surface area contributed by atoms with E-state index < -0.39 is 0 Å². The molecule has 0 unspecified atom stereocenters. The van der Waals surface area contributed by atoms with Gasteiger partial charge in [-0.05, 0) is 19.1 Å². The van der Waals surface area contributed by atoms with Crippen molar-refractivity contribution in [2.24, 2.45) is 0 Å². The Balaban J connectivity index is 1.69. The number of ether oxygens (including phenoxy) is 1. The van der Waals surface area contributed by atoms with Crippen molar-refractivity contribution in [3.8, 4) is 5.75 Å². The van der Waals surface area contributed by atoms with Crippen LogP contribution in [0.25, 0.3) is 0 Å². The van der Waals surface area contributed by atoms with Crippen molar-refractivity contribution in [2.45, 2.75) is 19.9 Å². The minimum atomic E-state index is -0.341. The number of fused-ring (bicyclic) bond motifs is 1. The van der Waals surface area contributed by atoms with Crippen molar-refractivity contribution >= 4 is 17.5 Å². The Labute approximate surface area is 128 Å². The first kappa shape index (κ1) is 14.4.